The van der Waals surface area contributed by atoms with Crippen LogP contribution in [0.25, 0.3) is 10.9 Å². The molecule has 3 nitrogen and oxygen atoms in total. The molecule has 1 heterocycles. The normalized spacial score (nSPS) is 10.5. The van der Waals surface area contributed by atoms with Crippen molar-refractivity contribution in [3.63, 3.8) is 0 Å². The van der Waals surface area contributed by atoms with Crippen molar-refractivity contribution in [2.45, 2.75) is 13.8 Å². The summed E-state index contributed by atoms with van der Waals surface area (Å²) in [5.74, 6) is 0.965. The summed E-state index contributed by atoms with van der Waals surface area (Å²) >= 11 is 0. The van der Waals surface area contributed by atoms with Gasteiger partial charge in [0.2, 0.25) is 0 Å². The largest absolute Gasteiger partial charge is 0.506 e. The van der Waals surface area contributed by atoms with Gasteiger partial charge in [-0.25, -0.2) is 4.98 Å². The smallest absolute Gasteiger partial charge is 0.137 e. The molecule has 0 amide bonds. The Balaban J connectivity index is 2.68. The van der Waals surface area contributed by atoms with Crippen molar-refractivity contribution in [1.29, 1.82) is 0 Å². The predicted molar refractivity (Wildman–Crippen MR) is 59.3 cm³/mol. The number of fused-ring (bicyclic) bond motifs is 1. The van der Waals surface area contributed by atoms with E-state index in [0.717, 1.165) is 16.7 Å². The van der Waals surface area contributed by atoms with Crippen LogP contribution < -0.4 is 4.74 Å². The van der Waals surface area contributed by atoms with Gasteiger partial charge in [0.15, 0.2) is 0 Å². The fourth-order valence-corrected chi connectivity index (χ4v) is 1.54. The van der Waals surface area contributed by atoms with Crippen LogP contribution in [0.4, 0.5) is 0 Å². The molecule has 0 aliphatic heterocycles. The molecule has 0 saturated heterocycles. The van der Waals surface area contributed by atoms with E-state index >= 15 is 0 Å². The molecule has 0 atom stereocenters. The quantitative estimate of drug-likeness (QED) is 0.815. The lowest BCUT2D eigenvalue weighted by molar-refractivity contribution is 0.344. The van der Waals surface area contributed by atoms with E-state index in [-0.39, 0.29) is 5.75 Å². The third-order valence-corrected chi connectivity index (χ3v) is 2.28. The SMILES string of the molecule is CCOc1cccc2nc(C)c(O)cc12. The fraction of sp³-hybridized carbons (Fsp3) is 0.250. The van der Waals surface area contributed by atoms with Gasteiger partial charge >= 0.3 is 0 Å². The second-order valence-electron chi connectivity index (χ2n) is 3.35. The number of aryl methyl sites for hydroxylation is 1. The monoisotopic (exact) mass is 203 g/mol. The van der Waals surface area contributed by atoms with E-state index < -0.39 is 0 Å². The van der Waals surface area contributed by atoms with E-state index in [1.54, 1.807) is 13.0 Å². The molecule has 78 valence electrons. The number of hydrogen-bond acceptors (Lipinski definition) is 3. The minimum Gasteiger partial charge on any atom is -0.506 e. The van der Waals surface area contributed by atoms with Gasteiger partial charge in [0, 0.05) is 5.39 Å². The van der Waals surface area contributed by atoms with E-state index in [0.29, 0.717) is 12.3 Å². The summed E-state index contributed by atoms with van der Waals surface area (Å²) in [6.07, 6.45) is 0. The molecule has 2 rings (SSSR count). The standard InChI is InChI=1S/C12H13NO2/c1-3-15-12-6-4-5-10-9(12)7-11(14)8(2)13-10/h4-7,14H,3H2,1-2H3. The van der Waals surface area contributed by atoms with E-state index in [1.165, 1.54) is 0 Å². The minimum atomic E-state index is 0.203. The van der Waals surface area contributed by atoms with Crippen LogP contribution in [0.15, 0.2) is 24.3 Å². The summed E-state index contributed by atoms with van der Waals surface area (Å²) < 4.78 is 5.46. The lowest BCUT2D eigenvalue weighted by Gasteiger charge is -2.08. The molecule has 2 aromatic rings. The Morgan fingerprint density at radius 3 is 2.93 bits per heavy atom. The third kappa shape index (κ3) is 1.73. The van der Waals surface area contributed by atoms with Crippen molar-refractivity contribution >= 4 is 10.9 Å². The van der Waals surface area contributed by atoms with Gasteiger partial charge in [-0.2, -0.15) is 0 Å². The van der Waals surface area contributed by atoms with E-state index in [9.17, 15) is 5.11 Å². The molecule has 0 spiro atoms. The van der Waals surface area contributed by atoms with Crippen LogP contribution in [0.3, 0.4) is 0 Å². The Morgan fingerprint density at radius 1 is 1.40 bits per heavy atom. The Hall–Kier alpha value is -1.77. The van der Waals surface area contributed by atoms with Gasteiger partial charge in [-0.1, -0.05) is 6.07 Å². The highest BCUT2D eigenvalue weighted by atomic mass is 16.5. The van der Waals surface area contributed by atoms with Crippen molar-refractivity contribution in [3.05, 3.63) is 30.0 Å². The number of pyridine rings is 1. The zero-order valence-corrected chi connectivity index (χ0v) is 8.82. The molecular formula is C12H13NO2. The first-order valence-corrected chi connectivity index (χ1v) is 4.94. The highest BCUT2D eigenvalue weighted by Crippen LogP contribution is 2.28. The molecule has 15 heavy (non-hydrogen) atoms. The Kier molecular flexibility index (Phi) is 2.46. The molecule has 0 radical (unpaired) electrons. The molecule has 1 aromatic heterocycles. The number of aromatic hydroxyl groups is 1. The molecule has 0 saturated carbocycles. The molecule has 0 aliphatic carbocycles. The molecule has 0 bridgehead atoms. The summed E-state index contributed by atoms with van der Waals surface area (Å²) in [6, 6.07) is 7.38. The highest BCUT2D eigenvalue weighted by molar-refractivity contribution is 5.86. The summed E-state index contributed by atoms with van der Waals surface area (Å²) in [5.41, 5.74) is 1.48. The van der Waals surface area contributed by atoms with Crippen LogP contribution in [0.2, 0.25) is 0 Å². The minimum absolute atomic E-state index is 0.203. The second kappa shape index (κ2) is 3.77. The van der Waals surface area contributed by atoms with Crippen molar-refractivity contribution in [2.75, 3.05) is 6.61 Å². The van der Waals surface area contributed by atoms with Crippen LogP contribution in [0, 0.1) is 6.92 Å². The maximum atomic E-state index is 9.59. The zero-order valence-electron chi connectivity index (χ0n) is 8.82. The van der Waals surface area contributed by atoms with Crippen molar-refractivity contribution < 1.29 is 9.84 Å². The van der Waals surface area contributed by atoms with Crippen LogP contribution in [-0.4, -0.2) is 16.7 Å². The first-order chi connectivity index (χ1) is 7.22. The van der Waals surface area contributed by atoms with Gasteiger partial charge in [0.1, 0.15) is 11.5 Å². The Labute approximate surface area is 88.3 Å². The molecule has 1 N–H and O–H groups in total. The summed E-state index contributed by atoms with van der Waals surface area (Å²) in [6.45, 7) is 4.32. The van der Waals surface area contributed by atoms with Crippen LogP contribution in [-0.2, 0) is 0 Å². The van der Waals surface area contributed by atoms with Gasteiger partial charge in [-0.3, -0.25) is 0 Å². The maximum absolute atomic E-state index is 9.59. The third-order valence-electron chi connectivity index (χ3n) is 2.28. The summed E-state index contributed by atoms with van der Waals surface area (Å²) in [7, 11) is 0. The van der Waals surface area contributed by atoms with Crippen LogP contribution in [0.1, 0.15) is 12.6 Å². The van der Waals surface area contributed by atoms with Gasteiger partial charge in [0.25, 0.3) is 0 Å². The van der Waals surface area contributed by atoms with Gasteiger partial charge in [-0.05, 0) is 32.0 Å². The topological polar surface area (TPSA) is 42.4 Å². The number of ether oxygens (including phenoxy) is 1. The summed E-state index contributed by atoms with van der Waals surface area (Å²) in [4.78, 5) is 4.29. The van der Waals surface area contributed by atoms with Crippen LogP contribution in [0.5, 0.6) is 11.5 Å². The fourth-order valence-electron chi connectivity index (χ4n) is 1.54. The lowest BCUT2D eigenvalue weighted by atomic mass is 10.2. The number of nitrogens with zero attached hydrogens (tertiary/aromatic N) is 1. The van der Waals surface area contributed by atoms with Gasteiger partial charge < -0.3 is 9.84 Å². The molecule has 0 aliphatic rings. The Bertz CT molecular complexity index is 494. The Morgan fingerprint density at radius 2 is 2.20 bits per heavy atom. The highest BCUT2D eigenvalue weighted by Gasteiger charge is 2.05. The maximum Gasteiger partial charge on any atom is 0.137 e. The average Bonchev–Trinajstić information content (AvgIpc) is 2.21. The molecule has 0 fully saturated rings. The lowest BCUT2D eigenvalue weighted by Crippen LogP contribution is -1.93. The first-order valence-electron chi connectivity index (χ1n) is 4.94. The average molecular weight is 203 g/mol. The van der Waals surface area contributed by atoms with Crippen LogP contribution >= 0.6 is 0 Å². The van der Waals surface area contributed by atoms with E-state index in [4.69, 9.17) is 4.74 Å². The summed E-state index contributed by atoms with van der Waals surface area (Å²) in [5, 5.41) is 10.4. The van der Waals surface area contributed by atoms with Crippen molar-refractivity contribution in [3.8, 4) is 11.5 Å². The zero-order chi connectivity index (χ0) is 10.8. The molecular weight excluding hydrogens is 190 g/mol. The first kappa shape index (κ1) is 9.77. The number of benzene rings is 1. The molecule has 3 heteroatoms. The molecule has 1 aromatic carbocycles. The number of rotatable bonds is 2. The number of aromatic nitrogens is 1. The predicted octanol–water partition coefficient (Wildman–Crippen LogP) is 2.65. The molecule has 0 unspecified atom stereocenters. The number of hydrogen-bond donors (Lipinski definition) is 1. The van der Waals surface area contributed by atoms with E-state index in [2.05, 4.69) is 4.98 Å². The van der Waals surface area contributed by atoms with Gasteiger partial charge in [-0.15, -0.1) is 0 Å². The van der Waals surface area contributed by atoms with Gasteiger partial charge in [0.05, 0.1) is 17.8 Å². The van der Waals surface area contributed by atoms with Crippen molar-refractivity contribution in [1.82, 2.24) is 4.98 Å². The van der Waals surface area contributed by atoms with Crippen molar-refractivity contribution in [2.24, 2.45) is 0 Å². The second-order valence-corrected chi connectivity index (χ2v) is 3.35. The van der Waals surface area contributed by atoms with E-state index in [1.807, 2.05) is 25.1 Å².